The number of hydrazine groups is 1. The predicted octanol–water partition coefficient (Wildman–Crippen LogP) is 1.90. The fraction of sp³-hybridized carbons (Fsp3) is 0.467. The van der Waals surface area contributed by atoms with Gasteiger partial charge in [-0.15, -0.1) is 0 Å². The van der Waals surface area contributed by atoms with E-state index in [9.17, 15) is 0 Å². The lowest BCUT2D eigenvalue weighted by molar-refractivity contribution is 0.114. The first kappa shape index (κ1) is 18.2. The Kier molecular flexibility index (Phi) is 7.81. The van der Waals surface area contributed by atoms with E-state index >= 15 is 0 Å². The van der Waals surface area contributed by atoms with E-state index in [1.165, 1.54) is 5.56 Å². The van der Waals surface area contributed by atoms with Crippen LogP contribution in [0.25, 0.3) is 0 Å². The molecule has 1 aromatic carbocycles. The maximum Gasteiger partial charge on any atom is 0.185 e. The summed E-state index contributed by atoms with van der Waals surface area (Å²) in [5.41, 5.74) is 6.91. The molecule has 2 rings (SSSR count). The number of nitrogens with one attached hydrogen (secondary N) is 4. The van der Waals surface area contributed by atoms with Crippen LogP contribution in [0.1, 0.15) is 18.4 Å². The standard InChI is InChI=1S/C15H21ClN4OS2/c16-12-5-3-11(4-6-12)7-8-17-14(22)19-20-15(23)18-10-13-2-1-9-21-13/h3-6,13H,1-2,7-10H2,(H2,17,19,22)(H2,18,20,23)/t13-/m0/s1. The smallest absolute Gasteiger partial charge is 0.185 e. The molecule has 0 bridgehead atoms. The molecule has 0 aromatic heterocycles. The molecule has 1 aliphatic heterocycles. The van der Waals surface area contributed by atoms with Gasteiger partial charge in [-0.1, -0.05) is 23.7 Å². The Hall–Kier alpha value is -1.15. The molecule has 5 nitrogen and oxygen atoms in total. The Morgan fingerprint density at radius 1 is 1.13 bits per heavy atom. The van der Waals surface area contributed by atoms with Gasteiger partial charge in [-0.3, -0.25) is 10.9 Å². The molecule has 0 radical (unpaired) electrons. The van der Waals surface area contributed by atoms with Gasteiger partial charge in [-0.25, -0.2) is 0 Å². The molecule has 0 aliphatic carbocycles. The third kappa shape index (κ3) is 7.30. The highest BCUT2D eigenvalue weighted by Gasteiger charge is 2.15. The molecule has 1 fully saturated rings. The number of hydrogen-bond donors (Lipinski definition) is 4. The van der Waals surface area contributed by atoms with E-state index < -0.39 is 0 Å². The van der Waals surface area contributed by atoms with Crippen molar-refractivity contribution in [2.45, 2.75) is 25.4 Å². The van der Waals surface area contributed by atoms with Gasteiger partial charge in [0.2, 0.25) is 0 Å². The summed E-state index contributed by atoms with van der Waals surface area (Å²) in [6.07, 6.45) is 3.31. The topological polar surface area (TPSA) is 57.3 Å². The quantitative estimate of drug-likeness (QED) is 0.465. The average molecular weight is 373 g/mol. The normalized spacial score (nSPS) is 16.7. The van der Waals surface area contributed by atoms with Crippen molar-refractivity contribution >= 4 is 46.3 Å². The van der Waals surface area contributed by atoms with E-state index in [0.29, 0.717) is 16.8 Å². The highest BCUT2D eigenvalue weighted by atomic mass is 35.5. The van der Waals surface area contributed by atoms with Crippen molar-refractivity contribution in [2.75, 3.05) is 19.7 Å². The van der Waals surface area contributed by atoms with E-state index in [1.807, 2.05) is 24.3 Å². The molecule has 1 aliphatic rings. The predicted molar refractivity (Wildman–Crippen MR) is 102 cm³/mol. The summed E-state index contributed by atoms with van der Waals surface area (Å²) in [5.74, 6) is 0. The molecule has 1 aromatic rings. The summed E-state index contributed by atoms with van der Waals surface area (Å²) in [6.45, 7) is 2.28. The van der Waals surface area contributed by atoms with Crippen molar-refractivity contribution in [3.05, 3.63) is 34.9 Å². The second-order valence-electron chi connectivity index (χ2n) is 5.23. The molecule has 1 heterocycles. The van der Waals surface area contributed by atoms with Crippen LogP contribution in [0, 0.1) is 0 Å². The summed E-state index contributed by atoms with van der Waals surface area (Å²) in [4.78, 5) is 0. The van der Waals surface area contributed by atoms with E-state index in [0.717, 1.165) is 37.4 Å². The lowest BCUT2D eigenvalue weighted by Gasteiger charge is -2.16. The van der Waals surface area contributed by atoms with Gasteiger partial charge in [0, 0.05) is 24.7 Å². The molecule has 0 spiro atoms. The molecule has 1 saturated heterocycles. The van der Waals surface area contributed by atoms with Crippen molar-refractivity contribution in [1.82, 2.24) is 21.5 Å². The van der Waals surface area contributed by atoms with Gasteiger partial charge < -0.3 is 15.4 Å². The van der Waals surface area contributed by atoms with Crippen LogP contribution in [0.3, 0.4) is 0 Å². The molecule has 1 atom stereocenters. The fourth-order valence-corrected chi connectivity index (χ4v) is 2.60. The van der Waals surface area contributed by atoms with Crippen LogP contribution in [0.2, 0.25) is 5.02 Å². The maximum atomic E-state index is 5.85. The van der Waals surface area contributed by atoms with Gasteiger partial charge in [-0.05, 0) is 61.4 Å². The Morgan fingerprint density at radius 2 is 1.83 bits per heavy atom. The van der Waals surface area contributed by atoms with Crippen LogP contribution in [-0.2, 0) is 11.2 Å². The van der Waals surface area contributed by atoms with E-state index in [2.05, 4.69) is 21.5 Å². The number of hydrogen-bond acceptors (Lipinski definition) is 3. The third-order valence-corrected chi connectivity index (χ3v) is 4.16. The minimum atomic E-state index is 0.249. The minimum absolute atomic E-state index is 0.249. The Bertz CT molecular complexity index is 521. The molecular formula is C15H21ClN4OS2. The lowest BCUT2D eigenvalue weighted by atomic mass is 10.1. The Morgan fingerprint density at radius 3 is 2.48 bits per heavy atom. The van der Waals surface area contributed by atoms with Crippen molar-refractivity contribution < 1.29 is 4.74 Å². The molecule has 0 saturated carbocycles. The number of thiocarbonyl (C=S) groups is 2. The zero-order valence-corrected chi connectivity index (χ0v) is 15.1. The van der Waals surface area contributed by atoms with Crippen LogP contribution >= 0.6 is 36.0 Å². The Labute approximate surface area is 152 Å². The van der Waals surface area contributed by atoms with Crippen LogP contribution in [-0.4, -0.2) is 36.0 Å². The highest BCUT2D eigenvalue weighted by Crippen LogP contribution is 2.10. The van der Waals surface area contributed by atoms with E-state index in [-0.39, 0.29) is 6.10 Å². The van der Waals surface area contributed by atoms with Crippen molar-refractivity contribution in [3.8, 4) is 0 Å². The van der Waals surface area contributed by atoms with Gasteiger partial charge in [0.25, 0.3) is 0 Å². The first-order chi connectivity index (χ1) is 11.1. The van der Waals surface area contributed by atoms with Crippen molar-refractivity contribution in [1.29, 1.82) is 0 Å². The molecular weight excluding hydrogens is 352 g/mol. The number of benzene rings is 1. The van der Waals surface area contributed by atoms with Crippen LogP contribution < -0.4 is 21.5 Å². The molecule has 4 N–H and O–H groups in total. The SMILES string of the molecule is S=C(NCCc1ccc(Cl)cc1)NNC(=S)NC[C@@H]1CCCO1. The monoisotopic (exact) mass is 372 g/mol. The van der Waals surface area contributed by atoms with Crippen LogP contribution in [0.4, 0.5) is 0 Å². The Balaban J connectivity index is 1.53. The number of ether oxygens (including phenoxy) is 1. The van der Waals surface area contributed by atoms with Crippen molar-refractivity contribution in [2.24, 2.45) is 0 Å². The summed E-state index contributed by atoms with van der Waals surface area (Å²) in [6, 6.07) is 7.77. The largest absolute Gasteiger partial charge is 0.376 e. The minimum Gasteiger partial charge on any atom is -0.376 e. The summed E-state index contributed by atoms with van der Waals surface area (Å²) >= 11 is 16.2. The van der Waals surface area contributed by atoms with Gasteiger partial charge in [0.05, 0.1) is 6.10 Å². The number of rotatable bonds is 5. The highest BCUT2D eigenvalue weighted by molar-refractivity contribution is 7.80. The fourth-order valence-electron chi connectivity index (χ4n) is 2.19. The molecule has 0 amide bonds. The zero-order chi connectivity index (χ0) is 16.5. The number of halogens is 1. The lowest BCUT2D eigenvalue weighted by Crippen LogP contribution is -2.51. The van der Waals surface area contributed by atoms with E-state index in [4.69, 9.17) is 40.8 Å². The third-order valence-electron chi connectivity index (χ3n) is 3.42. The van der Waals surface area contributed by atoms with Gasteiger partial charge in [0.15, 0.2) is 10.2 Å². The molecule has 23 heavy (non-hydrogen) atoms. The van der Waals surface area contributed by atoms with Gasteiger partial charge >= 0.3 is 0 Å². The maximum absolute atomic E-state index is 5.85. The average Bonchev–Trinajstić information content (AvgIpc) is 3.06. The van der Waals surface area contributed by atoms with Gasteiger partial charge in [0.1, 0.15) is 0 Å². The molecule has 126 valence electrons. The second-order valence-corrected chi connectivity index (χ2v) is 6.48. The first-order valence-corrected chi connectivity index (χ1v) is 8.76. The van der Waals surface area contributed by atoms with E-state index in [1.54, 1.807) is 0 Å². The summed E-state index contributed by atoms with van der Waals surface area (Å²) in [7, 11) is 0. The molecule has 0 unspecified atom stereocenters. The van der Waals surface area contributed by atoms with Crippen molar-refractivity contribution in [3.63, 3.8) is 0 Å². The van der Waals surface area contributed by atoms with Crippen LogP contribution in [0.15, 0.2) is 24.3 Å². The molecule has 8 heteroatoms. The first-order valence-electron chi connectivity index (χ1n) is 7.57. The zero-order valence-electron chi connectivity index (χ0n) is 12.7. The second kappa shape index (κ2) is 9.87. The van der Waals surface area contributed by atoms with Gasteiger partial charge in [-0.2, -0.15) is 0 Å². The summed E-state index contributed by atoms with van der Waals surface area (Å²) in [5, 5.41) is 7.96. The van der Waals surface area contributed by atoms with Crippen LogP contribution in [0.5, 0.6) is 0 Å². The summed E-state index contributed by atoms with van der Waals surface area (Å²) < 4.78 is 5.51.